The number of hydrogen-bond donors (Lipinski definition) is 0. The molecule has 9 heteroatoms. The van der Waals surface area contributed by atoms with E-state index in [0.717, 1.165) is 25.0 Å². The Morgan fingerprint density at radius 1 is 0.568 bits per heavy atom. The smallest absolute Gasteiger partial charge is 0.545 e. The number of rotatable bonds is 16. The summed E-state index contributed by atoms with van der Waals surface area (Å²) < 4.78 is 8.75. The molecular formula is C28H48O8Sn. The largest absolute Gasteiger partial charge is 2.00 e. The summed E-state index contributed by atoms with van der Waals surface area (Å²) in [4.78, 5) is 40.1. The Morgan fingerprint density at radius 2 is 0.865 bits per heavy atom. The van der Waals surface area contributed by atoms with E-state index in [9.17, 15) is 29.4 Å². The molecule has 0 amide bonds. The normalized spacial score (nSPS) is 9.46. The quantitative estimate of drug-likeness (QED) is 0.109. The van der Waals surface area contributed by atoms with Crippen LogP contribution >= 0.6 is 0 Å². The second-order valence-corrected chi connectivity index (χ2v) is 7.34. The zero-order valence-corrected chi connectivity index (χ0v) is 26.2. The number of ether oxygens (including phenoxy) is 2. The average Bonchev–Trinajstić information content (AvgIpc) is 2.84. The maximum absolute atomic E-state index is 10.3. The fourth-order valence-electron chi connectivity index (χ4n) is 2.21. The van der Waals surface area contributed by atoms with Gasteiger partial charge in [-0.3, -0.25) is 0 Å². The van der Waals surface area contributed by atoms with Crippen LogP contribution in [0.25, 0.3) is 0 Å². The van der Waals surface area contributed by atoms with Gasteiger partial charge in [-0.05, 0) is 26.0 Å². The van der Waals surface area contributed by atoms with Crippen molar-refractivity contribution >= 4 is 47.8 Å². The summed E-state index contributed by atoms with van der Waals surface area (Å²) in [7, 11) is 0. The Bertz CT molecular complexity index is 513. The third-order valence-corrected chi connectivity index (χ3v) is 3.99. The van der Waals surface area contributed by atoms with E-state index < -0.39 is 23.9 Å². The molecule has 0 heterocycles. The summed E-state index contributed by atoms with van der Waals surface area (Å²) in [5.41, 5.74) is 0. The molecule has 0 saturated heterocycles. The number of carbonyl (C=O) groups is 4. The van der Waals surface area contributed by atoms with Gasteiger partial charge in [0.1, 0.15) is 0 Å². The fourth-order valence-corrected chi connectivity index (χ4v) is 2.21. The summed E-state index contributed by atoms with van der Waals surface area (Å²) in [5.74, 6) is -4.17. The zero-order chi connectivity index (χ0) is 28.5. The number of hydrogen-bond acceptors (Lipinski definition) is 8. The molecule has 4 radical (unpaired) electrons. The van der Waals surface area contributed by atoms with Gasteiger partial charge in [-0.1, -0.05) is 105 Å². The van der Waals surface area contributed by atoms with Crippen LogP contribution in [0.1, 0.15) is 105 Å². The van der Waals surface area contributed by atoms with Crippen LogP contribution in [0.2, 0.25) is 0 Å². The fraction of sp³-hybridized carbons (Fsp3) is 0.643. The molecule has 0 aromatic rings. The van der Waals surface area contributed by atoms with Crippen molar-refractivity contribution in [2.45, 2.75) is 105 Å². The molecule has 0 aromatic carbocycles. The molecule has 8 nitrogen and oxygen atoms in total. The minimum atomic E-state index is -1.41. The number of unbranched alkanes of at least 4 members (excludes halogenated alkanes) is 10. The van der Waals surface area contributed by atoms with Gasteiger partial charge in [0.2, 0.25) is 0 Å². The third-order valence-electron chi connectivity index (χ3n) is 3.99. The molecule has 0 aliphatic carbocycles. The van der Waals surface area contributed by atoms with Gasteiger partial charge in [0.15, 0.2) is 0 Å². The van der Waals surface area contributed by atoms with E-state index >= 15 is 0 Å². The number of carboxylic acids is 2. The first-order valence-electron chi connectivity index (χ1n) is 12.9. The minimum absolute atomic E-state index is 0. The van der Waals surface area contributed by atoms with Gasteiger partial charge in [-0.2, -0.15) is 0 Å². The summed E-state index contributed by atoms with van der Waals surface area (Å²) in [6.07, 6.45) is 18.8. The molecule has 0 bridgehead atoms. The van der Waals surface area contributed by atoms with Gasteiger partial charge < -0.3 is 29.3 Å². The molecule has 0 aliphatic heterocycles. The van der Waals surface area contributed by atoms with Crippen LogP contribution in [-0.4, -0.2) is 61.0 Å². The van der Waals surface area contributed by atoms with Crippen LogP contribution in [0.15, 0.2) is 24.3 Å². The number of aliphatic carboxylic acids is 2. The molecule has 0 rings (SSSR count). The molecule has 37 heavy (non-hydrogen) atoms. The Morgan fingerprint density at radius 3 is 1.08 bits per heavy atom. The predicted molar refractivity (Wildman–Crippen MR) is 145 cm³/mol. The van der Waals surface area contributed by atoms with Crippen molar-refractivity contribution in [1.29, 1.82) is 0 Å². The zero-order valence-electron chi connectivity index (χ0n) is 23.4. The maximum Gasteiger partial charge on any atom is 2.00 e. The second kappa shape index (κ2) is 41.3. The van der Waals surface area contributed by atoms with E-state index in [4.69, 9.17) is 0 Å². The summed E-state index contributed by atoms with van der Waals surface area (Å²) >= 11 is 0. The van der Waals surface area contributed by atoms with Crippen LogP contribution in [0, 0.1) is 13.8 Å². The number of esters is 2. The van der Waals surface area contributed by atoms with E-state index in [1.165, 1.54) is 64.2 Å². The van der Waals surface area contributed by atoms with Crippen molar-refractivity contribution in [3.63, 3.8) is 0 Å². The topological polar surface area (TPSA) is 133 Å². The monoisotopic (exact) mass is 632 g/mol. The second-order valence-electron chi connectivity index (χ2n) is 7.34. The molecule has 0 spiro atoms. The van der Waals surface area contributed by atoms with Crippen molar-refractivity contribution in [3.8, 4) is 0 Å². The minimum Gasteiger partial charge on any atom is -0.545 e. The molecule has 212 valence electrons. The van der Waals surface area contributed by atoms with Crippen molar-refractivity contribution < 1.29 is 38.9 Å². The maximum atomic E-state index is 10.3. The molecule has 0 aromatic heterocycles. The van der Waals surface area contributed by atoms with Crippen molar-refractivity contribution in [2.24, 2.45) is 0 Å². The predicted octanol–water partition coefficient (Wildman–Crippen LogP) is 3.69. The van der Waals surface area contributed by atoms with E-state index in [1.54, 1.807) is 13.8 Å². The standard InChI is InChI=1S/2C8H17.2C6H8O4.Sn/c2*1-3-5-7-8-6-4-2;2*1-2-10-6(9)4-3-5(7)8;/h2*1,3-8H2,2H3;2*3-4H,2H2,1H3,(H,7,8);/q;;;;+2/p-2/b;;2*4-3-;. The Hall–Kier alpha value is -1.84. The van der Waals surface area contributed by atoms with Gasteiger partial charge in [-0.25, -0.2) is 9.59 Å². The van der Waals surface area contributed by atoms with E-state index in [-0.39, 0.29) is 37.1 Å². The first-order valence-corrected chi connectivity index (χ1v) is 12.9. The average molecular weight is 631 g/mol. The van der Waals surface area contributed by atoms with Gasteiger partial charge >= 0.3 is 35.8 Å². The Kier molecular flexibility index (Phi) is 50.3. The van der Waals surface area contributed by atoms with Gasteiger partial charge in [-0.15, -0.1) is 0 Å². The van der Waals surface area contributed by atoms with Crippen LogP contribution < -0.4 is 10.2 Å². The summed E-state index contributed by atoms with van der Waals surface area (Å²) in [6, 6.07) is 0. The van der Waals surface area contributed by atoms with Crippen molar-refractivity contribution in [2.75, 3.05) is 13.2 Å². The van der Waals surface area contributed by atoms with E-state index in [2.05, 4.69) is 37.2 Å². The summed E-state index contributed by atoms with van der Waals surface area (Å²) in [6.45, 7) is 15.8. The van der Waals surface area contributed by atoms with Crippen LogP contribution in [0.3, 0.4) is 0 Å². The van der Waals surface area contributed by atoms with Crippen LogP contribution in [-0.2, 0) is 28.7 Å². The van der Waals surface area contributed by atoms with Gasteiger partial charge in [0.05, 0.1) is 25.2 Å². The Balaban J connectivity index is -0.000000123. The SMILES string of the molecule is CCOC(=O)/C=C\C(=O)[O-].CCOC(=O)/C=C\C(=O)[O-].[CH2]CCCCCCC.[CH2]CCCCCCC.[Sn+2]. The van der Waals surface area contributed by atoms with Gasteiger partial charge in [0.25, 0.3) is 0 Å². The molecule has 0 atom stereocenters. The molecule has 0 saturated carbocycles. The van der Waals surface area contributed by atoms with Crippen LogP contribution in [0.5, 0.6) is 0 Å². The number of carbonyl (C=O) groups excluding carboxylic acids is 4. The van der Waals surface area contributed by atoms with Gasteiger partial charge in [0, 0.05) is 12.2 Å². The molecule has 0 fully saturated rings. The first kappa shape index (κ1) is 45.1. The molecule has 0 aliphatic rings. The Labute approximate surface area is 242 Å². The third kappa shape index (κ3) is 60.5. The van der Waals surface area contributed by atoms with E-state index in [0.29, 0.717) is 12.2 Å². The van der Waals surface area contributed by atoms with Crippen LogP contribution in [0.4, 0.5) is 0 Å². The molecule has 0 unspecified atom stereocenters. The van der Waals surface area contributed by atoms with E-state index in [1.807, 2.05) is 0 Å². The van der Waals surface area contributed by atoms with Crippen molar-refractivity contribution in [3.05, 3.63) is 38.2 Å². The number of carboxylic acid groups (broad SMARTS) is 2. The van der Waals surface area contributed by atoms with Crippen molar-refractivity contribution in [1.82, 2.24) is 0 Å². The first-order chi connectivity index (χ1) is 17.2. The molecule has 0 N–H and O–H groups in total. The molecular weight excluding hydrogens is 583 g/mol. The summed E-state index contributed by atoms with van der Waals surface area (Å²) in [5, 5.41) is 19.4.